The minimum absolute atomic E-state index is 0.598. The van der Waals surface area contributed by atoms with Crippen LogP contribution in [-0.4, -0.2) is 13.2 Å². The number of hydrogen-bond acceptors (Lipinski definition) is 2. The molecule has 1 unspecified atom stereocenters. The second kappa shape index (κ2) is 5.87. The van der Waals surface area contributed by atoms with Crippen LogP contribution < -0.4 is 10.1 Å². The third kappa shape index (κ3) is 4.00. The first-order chi connectivity index (χ1) is 8.19. The SMILES string of the molecule is COc1ccc(Br)c(CNC(C)CC2CC2)c1. The molecular weight excluding hydrogens is 278 g/mol. The summed E-state index contributed by atoms with van der Waals surface area (Å²) in [5.74, 6) is 1.89. The summed E-state index contributed by atoms with van der Waals surface area (Å²) in [5.41, 5.74) is 1.26. The van der Waals surface area contributed by atoms with Gasteiger partial charge >= 0.3 is 0 Å². The number of rotatable bonds is 6. The molecule has 0 radical (unpaired) electrons. The summed E-state index contributed by atoms with van der Waals surface area (Å²) < 4.78 is 6.39. The average Bonchev–Trinajstić information content (AvgIpc) is 3.12. The van der Waals surface area contributed by atoms with Gasteiger partial charge < -0.3 is 10.1 Å². The molecule has 1 aliphatic rings. The van der Waals surface area contributed by atoms with Gasteiger partial charge in [0.15, 0.2) is 0 Å². The van der Waals surface area contributed by atoms with Gasteiger partial charge in [-0.25, -0.2) is 0 Å². The Kier molecular flexibility index (Phi) is 4.46. The number of hydrogen-bond donors (Lipinski definition) is 1. The van der Waals surface area contributed by atoms with E-state index in [-0.39, 0.29) is 0 Å². The van der Waals surface area contributed by atoms with Gasteiger partial charge in [0, 0.05) is 17.1 Å². The van der Waals surface area contributed by atoms with Crippen molar-refractivity contribution in [2.24, 2.45) is 5.92 Å². The molecule has 0 saturated heterocycles. The molecule has 0 spiro atoms. The van der Waals surface area contributed by atoms with E-state index in [0.717, 1.165) is 22.7 Å². The Morgan fingerprint density at radius 3 is 2.88 bits per heavy atom. The lowest BCUT2D eigenvalue weighted by molar-refractivity contribution is 0.413. The Bertz CT molecular complexity index is 376. The zero-order chi connectivity index (χ0) is 12.3. The van der Waals surface area contributed by atoms with Crippen molar-refractivity contribution in [3.63, 3.8) is 0 Å². The largest absolute Gasteiger partial charge is 0.497 e. The van der Waals surface area contributed by atoms with E-state index < -0.39 is 0 Å². The van der Waals surface area contributed by atoms with Crippen LogP contribution in [-0.2, 0) is 6.54 Å². The Hall–Kier alpha value is -0.540. The van der Waals surface area contributed by atoms with Crippen molar-refractivity contribution >= 4 is 15.9 Å². The van der Waals surface area contributed by atoms with Gasteiger partial charge in [0.25, 0.3) is 0 Å². The maximum absolute atomic E-state index is 5.24. The van der Waals surface area contributed by atoms with Crippen molar-refractivity contribution in [2.75, 3.05) is 7.11 Å². The van der Waals surface area contributed by atoms with E-state index in [9.17, 15) is 0 Å². The molecule has 0 aliphatic heterocycles. The molecule has 1 saturated carbocycles. The van der Waals surface area contributed by atoms with Gasteiger partial charge in [0.05, 0.1) is 7.11 Å². The fourth-order valence-electron chi connectivity index (χ4n) is 2.03. The minimum atomic E-state index is 0.598. The van der Waals surface area contributed by atoms with Crippen molar-refractivity contribution in [3.05, 3.63) is 28.2 Å². The zero-order valence-corrected chi connectivity index (χ0v) is 12.1. The van der Waals surface area contributed by atoms with Crippen molar-refractivity contribution in [2.45, 2.75) is 38.8 Å². The van der Waals surface area contributed by atoms with Gasteiger partial charge in [-0.2, -0.15) is 0 Å². The van der Waals surface area contributed by atoms with Crippen LogP contribution in [0.2, 0.25) is 0 Å². The lowest BCUT2D eigenvalue weighted by Gasteiger charge is -2.14. The number of benzene rings is 1. The molecule has 0 aromatic heterocycles. The number of ether oxygens (including phenoxy) is 1. The van der Waals surface area contributed by atoms with Crippen LogP contribution in [0.15, 0.2) is 22.7 Å². The standard InChI is InChI=1S/C14H20BrNO/c1-10(7-11-3-4-11)16-9-12-8-13(17-2)5-6-14(12)15/h5-6,8,10-11,16H,3-4,7,9H2,1-2H3. The maximum Gasteiger partial charge on any atom is 0.119 e. The van der Waals surface area contributed by atoms with Gasteiger partial charge in [-0.05, 0) is 43.0 Å². The summed E-state index contributed by atoms with van der Waals surface area (Å²) in [6, 6.07) is 6.70. The zero-order valence-electron chi connectivity index (χ0n) is 10.5. The molecule has 0 heterocycles. The van der Waals surface area contributed by atoms with Crippen molar-refractivity contribution in [1.82, 2.24) is 5.32 Å². The molecule has 1 atom stereocenters. The summed E-state index contributed by atoms with van der Waals surface area (Å²) in [6.45, 7) is 3.16. The van der Waals surface area contributed by atoms with E-state index in [2.05, 4.69) is 34.2 Å². The van der Waals surface area contributed by atoms with Gasteiger partial charge in [-0.1, -0.05) is 28.8 Å². The molecular formula is C14H20BrNO. The Morgan fingerprint density at radius 2 is 2.24 bits per heavy atom. The summed E-state index contributed by atoms with van der Waals surface area (Å²) >= 11 is 3.58. The molecule has 3 heteroatoms. The topological polar surface area (TPSA) is 21.3 Å². The maximum atomic E-state index is 5.24. The lowest BCUT2D eigenvalue weighted by atomic mass is 10.1. The average molecular weight is 298 g/mol. The van der Waals surface area contributed by atoms with E-state index in [4.69, 9.17) is 4.74 Å². The molecule has 2 nitrogen and oxygen atoms in total. The highest BCUT2D eigenvalue weighted by Crippen LogP contribution is 2.33. The van der Waals surface area contributed by atoms with Crippen LogP contribution in [0.3, 0.4) is 0 Å². The van der Waals surface area contributed by atoms with Crippen LogP contribution in [0.1, 0.15) is 31.7 Å². The first-order valence-corrected chi connectivity index (χ1v) is 7.04. The van der Waals surface area contributed by atoms with Crippen LogP contribution in [0.25, 0.3) is 0 Å². The van der Waals surface area contributed by atoms with Gasteiger partial charge in [0.2, 0.25) is 0 Å². The predicted molar refractivity (Wildman–Crippen MR) is 74.3 cm³/mol. The quantitative estimate of drug-likeness (QED) is 0.864. The van der Waals surface area contributed by atoms with Crippen LogP contribution in [0.5, 0.6) is 5.75 Å². The molecule has 0 amide bonds. The van der Waals surface area contributed by atoms with Crippen LogP contribution >= 0.6 is 15.9 Å². The summed E-state index contributed by atoms with van der Waals surface area (Å²) in [7, 11) is 1.70. The van der Waals surface area contributed by atoms with Gasteiger partial charge in [-0.3, -0.25) is 0 Å². The fraction of sp³-hybridized carbons (Fsp3) is 0.571. The summed E-state index contributed by atoms with van der Waals surface area (Å²) in [4.78, 5) is 0. The number of nitrogens with one attached hydrogen (secondary N) is 1. The van der Waals surface area contributed by atoms with Gasteiger partial charge in [-0.15, -0.1) is 0 Å². The Balaban J connectivity index is 1.87. The van der Waals surface area contributed by atoms with Crippen molar-refractivity contribution in [3.8, 4) is 5.75 Å². The molecule has 1 N–H and O–H groups in total. The number of halogens is 1. The molecule has 0 bridgehead atoms. The monoisotopic (exact) mass is 297 g/mol. The summed E-state index contributed by atoms with van der Waals surface area (Å²) in [5, 5.41) is 3.58. The second-order valence-corrected chi connectivity index (χ2v) is 5.77. The summed E-state index contributed by atoms with van der Waals surface area (Å²) in [6.07, 6.45) is 4.16. The van der Waals surface area contributed by atoms with E-state index in [1.54, 1.807) is 7.11 Å². The first-order valence-electron chi connectivity index (χ1n) is 6.25. The van der Waals surface area contributed by atoms with Crippen LogP contribution in [0.4, 0.5) is 0 Å². The minimum Gasteiger partial charge on any atom is -0.497 e. The Labute approximate surface area is 112 Å². The van der Waals surface area contributed by atoms with Crippen molar-refractivity contribution in [1.29, 1.82) is 0 Å². The van der Waals surface area contributed by atoms with Crippen LogP contribution in [0, 0.1) is 5.92 Å². The molecule has 1 aliphatic carbocycles. The molecule has 2 rings (SSSR count). The van der Waals surface area contributed by atoms with E-state index in [1.807, 2.05) is 12.1 Å². The van der Waals surface area contributed by atoms with E-state index in [0.29, 0.717) is 6.04 Å². The highest BCUT2D eigenvalue weighted by Gasteiger charge is 2.23. The molecule has 1 aromatic carbocycles. The second-order valence-electron chi connectivity index (χ2n) is 4.92. The molecule has 1 fully saturated rings. The van der Waals surface area contributed by atoms with E-state index >= 15 is 0 Å². The highest BCUT2D eigenvalue weighted by atomic mass is 79.9. The predicted octanol–water partition coefficient (Wildman–Crippen LogP) is 3.74. The number of methoxy groups -OCH3 is 1. The molecule has 17 heavy (non-hydrogen) atoms. The smallest absolute Gasteiger partial charge is 0.119 e. The van der Waals surface area contributed by atoms with E-state index in [1.165, 1.54) is 24.8 Å². The fourth-order valence-corrected chi connectivity index (χ4v) is 2.42. The van der Waals surface area contributed by atoms with Gasteiger partial charge in [0.1, 0.15) is 5.75 Å². The Morgan fingerprint density at radius 1 is 1.47 bits per heavy atom. The lowest BCUT2D eigenvalue weighted by Crippen LogP contribution is -2.26. The molecule has 94 valence electrons. The first kappa shape index (κ1) is 12.9. The normalized spacial score (nSPS) is 16.9. The highest BCUT2D eigenvalue weighted by molar-refractivity contribution is 9.10. The third-order valence-corrected chi connectivity index (χ3v) is 4.05. The molecule has 1 aromatic rings. The third-order valence-electron chi connectivity index (χ3n) is 3.28. The van der Waals surface area contributed by atoms with Crippen molar-refractivity contribution < 1.29 is 4.74 Å².